The van der Waals surface area contributed by atoms with Crippen LogP contribution in [0, 0.1) is 17.7 Å². The Hall–Kier alpha value is -12.3. The number of Topliss-reactive ketones (excluding diaryl/α,β-unsaturated/α-hetero) is 1. The van der Waals surface area contributed by atoms with Gasteiger partial charge in [-0.15, -0.1) is 0 Å². The number of ketones is 1. The quantitative estimate of drug-likeness (QED) is 0.0411. The number of halogens is 1. The summed E-state index contributed by atoms with van der Waals surface area (Å²) in [6.45, 7) is 5.35. The highest BCUT2D eigenvalue weighted by molar-refractivity contribution is 6.02. The number of carbonyl (C=O) groups is 17. The molecule has 130 heavy (non-hydrogen) atoms. The van der Waals surface area contributed by atoms with Crippen LogP contribution in [0.25, 0.3) is 21.8 Å². The molecule has 39 heteroatoms. The standard InChI is InChI=1S/C91H127FN18O20/c1-7-9-23-70-84(123)101-64(40-52(3)4)81(120)96-37-17-15-28-77(114)98-65(41-53-29-31-57(92)32-30-53)89(128)108-38-18-16-26-71(108)85(124)103-67(46-76(95)113)90(129)109-39-19-27-72(109)86(125)104-68(47-94)83(122)100-63(33-34-78(115)116)88(127)110-50-58(111)45-74(110)75(112)44-54(42-55-48-97-61-22-13-11-20-59(55)61)80(119)99-62(35-36-93)82(121)102-66(87(126)106(6)73(24-10-8-2)91(130)105(70)5)43-56-49-107(51-79(117)118)69-25-14-12-21-60(56)69/h11-14,20-22,25,29-32,48-49,52,54,58,62-68,70-74,97,111H,7-10,15-19,23-24,26-28,33-47,50-51,93-94H2,1-6H3,(H2,95,113)(H,96,120)(H,98,114)(H,99,119)(H,100,122)(H,101,123)(H,102,121)(H,103,124)(H,104,125)(H,115,116)(H,117,118)/t54-,58-,62+,63+,64+,65+,66+,67+,68+,70+,71+,72+,73+,74+/m1/s1. The van der Waals surface area contributed by atoms with E-state index in [1.54, 1.807) is 54.7 Å². The minimum absolute atomic E-state index is 0.00742. The topological polar surface area (TPSA) is 562 Å². The number of amides is 14. The summed E-state index contributed by atoms with van der Waals surface area (Å²) in [4.78, 5) is 256. The van der Waals surface area contributed by atoms with E-state index in [0.29, 0.717) is 77.0 Å². The fraction of sp³-hybridized carbons (Fsp3) is 0.571. The molecule has 0 spiro atoms. The molecule has 4 aliphatic rings. The molecule has 0 radical (unpaired) electrons. The predicted molar refractivity (Wildman–Crippen MR) is 474 cm³/mol. The largest absolute Gasteiger partial charge is 0.481 e. The van der Waals surface area contributed by atoms with Crippen molar-refractivity contribution in [3.05, 3.63) is 108 Å². The van der Waals surface area contributed by atoms with Crippen molar-refractivity contribution in [3.63, 3.8) is 0 Å². The number of nitrogens with two attached hydrogens (primary N) is 3. The van der Waals surface area contributed by atoms with Gasteiger partial charge in [0.1, 0.15) is 78.8 Å². The minimum Gasteiger partial charge on any atom is -0.481 e. The van der Waals surface area contributed by atoms with Gasteiger partial charge in [0.15, 0.2) is 5.78 Å². The SMILES string of the molecule is CCCC[C@H]1C(=O)N(C)[C@@H](CCCC)C(=O)N[C@@H](CC(C)C)C(=O)NCCCCC(=O)N[C@@H](Cc2ccc(F)cc2)C(=O)N2CCCC[C@H]2C(=O)N[C@@H](CC(N)=O)C(=O)N2CCC[C@H]2C(=O)N[C@@H](CN)C(=O)N[C@@H](CCC(=O)O)C(=O)N2C[C@H](O)C[C@H]2C(=O)C[C@@H](Cc2c[nH]c3ccccc23)C(=O)N[C@@H](CCN)C(=O)N[C@@H](Cc2cn(CC(=O)O)c3ccccc23)C(=O)N1C. The van der Waals surface area contributed by atoms with E-state index >= 15 is 38.4 Å². The minimum atomic E-state index is -1.80. The van der Waals surface area contributed by atoms with Crippen molar-refractivity contribution in [1.82, 2.24) is 76.6 Å². The summed E-state index contributed by atoms with van der Waals surface area (Å²) in [5.41, 5.74) is 20.6. The lowest BCUT2D eigenvalue weighted by molar-refractivity contribution is -0.149. The smallest absolute Gasteiger partial charge is 0.323 e. The number of carbonyl (C=O) groups excluding carboxylic acids is 15. The summed E-state index contributed by atoms with van der Waals surface area (Å²) in [5, 5.41) is 54.4. The predicted octanol–water partition coefficient (Wildman–Crippen LogP) is 1.11. The first kappa shape index (κ1) is 101. The second-order valence-electron chi connectivity index (χ2n) is 34.8. The van der Waals surface area contributed by atoms with E-state index in [0.717, 1.165) is 9.80 Å². The van der Waals surface area contributed by atoms with Crippen LogP contribution in [0.15, 0.2) is 85.2 Å². The Morgan fingerprint density at radius 3 is 1.78 bits per heavy atom. The van der Waals surface area contributed by atoms with Crippen LogP contribution < -0.4 is 59.7 Å². The van der Waals surface area contributed by atoms with Crippen LogP contribution in [0.1, 0.15) is 179 Å². The number of unbranched alkanes of at least 4 members (excludes halogenated alkanes) is 2. The molecule has 0 aliphatic carbocycles. The number of aliphatic carboxylic acids is 2. The van der Waals surface area contributed by atoms with Gasteiger partial charge in [0.25, 0.3) is 0 Å². The van der Waals surface area contributed by atoms with Crippen molar-refractivity contribution >= 4 is 122 Å². The number of benzene rings is 3. The first-order valence-corrected chi connectivity index (χ1v) is 45.1. The number of likely N-dealkylation sites (N-methyl/N-ethyl adjacent to an activating group) is 2. The number of primary amides is 1. The van der Waals surface area contributed by atoms with E-state index in [1.165, 1.54) is 63.8 Å². The van der Waals surface area contributed by atoms with Gasteiger partial charge in [0, 0.05) is 125 Å². The van der Waals surface area contributed by atoms with Crippen LogP contribution in [-0.2, 0) is 107 Å². The summed E-state index contributed by atoms with van der Waals surface area (Å²) in [6.07, 6.45) is 0.765. The van der Waals surface area contributed by atoms with Crippen LogP contribution in [-0.4, -0.2) is 282 Å². The molecule has 38 nitrogen and oxygen atoms in total. The average Bonchev–Trinajstić information content (AvgIpc) is 1.56. The van der Waals surface area contributed by atoms with Crippen molar-refractivity contribution in [2.45, 2.75) is 267 Å². The molecule has 14 amide bonds. The summed E-state index contributed by atoms with van der Waals surface area (Å²) in [7, 11) is 2.79. The number of hydrogen-bond acceptors (Lipinski definition) is 20. The number of H-pyrrole nitrogens is 1. The Kier molecular flexibility index (Phi) is 37.8. The third kappa shape index (κ3) is 27.4. The highest BCUT2D eigenvalue weighted by Gasteiger charge is 2.47. The van der Waals surface area contributed by atoms with Crippen LogP contribution in [0.3, 0.4) is 0 Å². The highest BCUT2D eigenvalue weighted by Crippen LogP contribution is 2.31. The summed E-state index contributed by atoms with van der Waals surface area (Å²) in [5.74, 6) is -17.6. The van der Waals surface area contributed by atoms with Crippen LogP contribution in [0.5, 0.6) is 0 Å². The van der Waals surface area contributed by atoms with Gasteiger partial charge < -0.3 is 109 Å². The van der Waals surface area contributed by atoms with Gasteiger partial charge in [0.05, 0.1) is 18.6 Å². The molecule has 2 aromatic heterocycles. The molecule has 0 saturated carbocycles. The van der Waals surface area contributed by atoms with Crippen molar-refractivity contribution in [2.75, 3.05) is 53.4 Å². The van der Waals surface area contributed by atoms with E-state index in [1.807, 2.05) is 27.7 Å². The fourth-order valence-electron chi connectivity index (χ4n) is 17.7. The number of aliphatic hydroxyl groups excluding tert-OH is 1. The van der Waals surface area contributed by atoms with Gasteiger partial charge in [-0.3, -0.25) is 81.5 Å². The molecule has 5 aromatic rings. The number of hydrogen-bond donors (Lipinski definition) is 15. The molecule has 6 heterocycles. The number of aromatic amines is 1. The van der Waals surface area contributed by atoms with E-state index < -0.39 is 243 Å². The molecule has 4 fully saturated rings. The fourth-order valence-corrected chi connectivity index (χ4v) is 17.7. The Labute approximate surface area is 753 Å². The lowest BCUT2D eigenvalue weighted by Gasteiger charge is -2.38. The van der Waals surface area contributed by atoms with Crippen molar-refractivity contribution in [1.29, 1.82) is 0 Å². The maximum atomic E-state index is 15.9. The number of aromatic nitrogens is 2. The number of fused-ring (bicyclic) bond motifs is 5. The molecule has 18 N–H and O–H groups in total. The summed E-state index contributed by atoms with van der Waals surface area (Å²) < 4.78 is 15.8. The number of nitrogens with zero attached hydrogens (tertiary/aromatic N) is 6. The average molecular weight is 1810 g/mol. The number of nitrogens with one attached hydrogen (secondary N) is 9. The first-order chi connectivity index (χ1) is 62.0. The molecule has 9 rings (SSSR count). The van der Waals surface area contributed by atoms with Crippen molar-refractivity contribution < 1.29 is 101 Å². The first-order valence-electron chi connectivity index (χ1n) is 45.1. The molecular weight excluding hydrogens is 1680 g/mol. The maximum absolute atomic E-state index is 15.9. The van der Waals surface area contributed by atoms with E-state index in [9.17, 15) is 62.9 Å². The van der Waals surface area contributed by atoms with Gasteiger partial charge in [-0.25, -0.2) is 4.39 Å². The van der Waals surface area contributed by atoms with Crippen LogP contribution in [0.2, 0.25) is 0 Å². The van der Waals surface area contributed by atoms with Gasteiger partial charge in [-0.2, -0.15) is 0 Å². The van der Waals surface area contributed by atoms with Crippen LogP contribution >= 0.6 is 0 Å². The van der Waals surface area contributed by atoms with Gasteiger partial charge in [-0.1, -0.05) is 102 Å². The van der Waals surface area contributed by atoms with Gasteiger partial charge in [-0.05, 0) is 137 Å². The molecule has 4 aliphatic heterocycles. The number of rotatable bonds is 24. The van der Waals surface area contributed by atoms with Crippen molar-refractivity contribution in [2.24, 2.45) is 29.0 Å². The number of carboxylic acid groups (broad SMARTS) is 2. The van der Waals surface area contributed by atoms with E-state index in [2.05, 4.69) is 47.5 Å². The molecule has 0 bridgehead atoms. The van der Waals surface area contributed by atoms with Crippen molar-refractivity contribution in [3.8, 4) is 0 Å². The molecule has 14 atom stereocenters. The number of aliphatic hydroxyl groups is 1. The number of para-hydroxylation sites is 2. The Morgan fingerprint density at radius 1 is 0.538 bits per heavy atom. The molecule has 3 aromatic carbocycles. The zero-order valence-electron chi connectivity index (χ0n) is 74.7. The molecular formula is C91H127FN18O20. The lowest BCUT2D eigenvalue weighted by atomic mass is 9.90. The number of piperidine rings is 1. The Morgan fingerprint density at radius 2 is 1.12 bits per heavy atom. The highest BCUT2D eigenvalue weighted by atomic mass is 19.1. The lowest BCUT2D eigenvalue weighted by Crippen LogP contribution is -2.62. The van der Waals surface area contributed by atoms with E-state index in [4.69, 9.17) is 17.2 Å². The van der Waals surface area contributed by atoms with Gasteiger partial charge in [0.2, 0.25) is 82.7 Å². The third-order valence-electron chi connectivity index (χ3n) is 24.6. The second-order valence-corrected chi connectivity index (χ2v) is 34.8. The Bertz CT molecular complexity index is 4890. The molecule has 708 valence electrons. The van der Waals surface area contributed by atoms with E-state index in [-0.39, 0.29) is 116 Å². The zero-order chi connectivity index (χ0) is 94.7. The normalized spacial score (nSPS) is 25.4. The maximum Gasteiger partial charge on any atom is 0.323 e. The number of carboxylic acids is 2. The summed E-state index contributed by atoms with van der Waals surface area (Å²) >= 11 is 0. The second kappa shape index (κ2) is 48.4. The van der Waals surface area contributed by atoms with Gasteiger partial charge >= 0.3 is 11.9 Å². The monoisotopic (exact) mass is 1810 g/mol. The third-order valence-corrected chi connectivity index (χ3v) is 24.6. The van der Waals surface area contributed by atoms with Crippen LogP contribution in [0.4, 0.5) is 4.39 Å². The molecule has 0 unspecified atom stereocenters. The Balaban J connectivity index is 1.08. The summed E-state index contributed by atoms with van der Waals surface area (Å²) in [6, 6.07) is 1.22. The molecule has 4 saturated heterocycles. The zero-order valence-corrected chi connectivity index (χ0v) is 74.7.